The number of hydrogen-bond acceptors (Lipinski definition) is 5. The third-order valence-corrected chi connectivity index (χ3v) is 6.79. The maximum Gasteiger partial charge on any atom is 0.253 e. The van der Waals surface area contributed by atoms with Gasteiger partial charge in [0.2, 0.25) is 0 Å². The highest BCUT2D eigenvalue weighted by Crippen LogP contribution is 2.37. The third-order valence-electron chi connectivity index (χ3n) is 6.26. The van der Waals surface area contributed by atoms with E-state index >= 15 is 0 Å². The van der Waals surface area contributed by atoms with Gasteiger partial charge < -0.3 is 21.1 Å². The molecule has 1 aliphatic rings. The van der Waals surface area contributed by atoms with E-state index in [0.717, 1.165) is 26.9 Å². The summed E-state index contributed by atoms with van der Waals surface area (Å²) in [6.45, 7) is 2.16. The number of anilines is 2. The Bertz CT molecular complexity index is 1400. The predicted molar refractivity (Wildman–Crippen MR) is 141 cm³/mol. The first kappa shape index (κ1) is 24.0. The van der Waals surface area contributed by atoms with E-state index in [-0.39, 0.29) is 11.7 Å². The molecule has 1 amide bonds. The van der Waals surface area contributed by atoms with E-state index < -0.39 is 12.3 Å². The molecule has 0 saturated carbocycles. The van der Waals surface area contributed by atoms with Crippen molar-refractivity contribution in [1.29, 1.82) is 0 Å². The van der Waals surface area contributed by atoms with Crippen LogP contribution in [0.4, 0.5) is 15.8 Å². The number of benzene rings is 3. The molecule has 0 bridgehead atoms. The fourth-order valence-electron chi connectivity index (χ4n) is 4.30. The van der Waals surface area contributed by atoms with E-state index in [2.05, 4.69) is 15.9 Å². The van der Waals surface area contributed by atoms with Crippen molar-refractivity contribution < 1.29 is 13.9 Å². The van der Waals surface area contributed by atoms with Crippen molar-refractivity contribution in [2.24, 2.45) is 0 Å². The molecule has 0 aliphatic carbocycles. The number of nitrogens with two attached hydrogens (primary N) is 2. The average Bonchev–Trinajstić information content (AvgIpc) is 3.42. The summed E-state index contributed by atoms with van der Waals surface area (Å²) in [5.41, 5.74) is 16.7. The molecular weight excluding hydrogens is 525 g/mol. The van der Waals surface area contributed by atoms with Crippen molar-refractivity contribution in [3.05, 3.63) is 94.3 Å². The minimum Gasteiger partial charge on any atom is -0.397 e. The zero-order valence-corrected chi connectivity index (χ0v) is 21.2. The number of carbonyl (C=O) groups is 1. The van der Waals surface area contributed by atoms with Crippen LogP contribution in [0.2, 0.25) is 0 Å². The van der Waals surface area contributed by atoms with Crippen LogP contribution in [0.15, 0.2) is 77.4 Å². The molecule has 2 atom stereocenters. The van der Waals surface area contributed by atoms with Gasteiger partial charge in [-0.2, -0.15) is 5.10 Å². The van der Waals surface area contributed by atoms with Gasteiger partial charge in [0.25, 0.3) is 5.91 Å². The van der Waals surface area contributed by atoms with Gasteiger partial charge in [0.05, 0.1) is 17.1 Å². The summed E-state index contributed by atoms with van der Waals surface area (Å²) in [6, 6.07) is 19.3. The highest BCUT2D eigenvalue weighted by atomic mass is 79.9. The van der Waals surface area contributed by atoms with E-state index in [9.17, 15) is 9.18 Å². The van der Waals surface area contributed by atoms with Gasteiger partial charge in [-0.25, -0.2) is 9.07 Å². The molecule has 0 radical (unpaired) electrons. The van der Waals surface area contributed by atoms with E-state index in [1.165, 1.54) is 12.1 Å². The SMILES string of the molecule is C[C@H]1O[C@@H](c2cn(-c3ccc(Br)cc3)nc2-c2ccc(F)cc2)N(CCc2ccc(N)c(N)c2)C1=O. The minimum atomic E-state index is -0.650. The second-order valence-electron chi connectivity index (χ2n) is 8.74. The molecule has 9 heteroatoms. The van der Waals surface area contributed by atoms with Crippen LogP contribution >= 0.6 is 15.9 Å². The molecule has 7 nitrogen and oxygen atoms in total. The Morgan fingerprint density at radius 2 is 1.75 bits per heavy atom. The van der Waals surface area contributed by atoms with Crippen LogP contribution in [0.3, 0.4) is 0 Å². The monoisotopic (exact) mass is 549 g/mol. The van der Waals surface area contributed by atoms with Crippen LogP contribution < -0.4 is 11.5 Å². The first-order chi connectivity index (χ1) is 17.3. The molecule has 4 aromatic rings. The first-order valence-electron chi connectivity index (χ1n) is 11.5. The van der Waals surface area contributed by atoms with Gasteiger partial charge in [-0.3, -0.25) is 4.79 Å². The molecule has 0 spiro atoms. The van der Waals surface area contributed by atoms with Gasteiger partial charge >= 0.3 is 0 Å². The average molecular weight is 550 g/mol. The minimum absolute atomic E-state index is 0.107. The third kappa shape index (κ3) is 4.72. The zero-order valence-electron chi connectivity index (χ0n) is 19.6. The van der Waals surface area contributed by atoms with Crippen molar-refractivity contribution in [1.82, 2.24) is 14.7 Å². The molecule has 1 saturated heterocycles. The maximum atomic E-state index is 13.7. The molecule has 36 heavy (non-hydrogen) atoms. The van der Waals surface area contributed by atoms with E-state index in [0.29, 0.717) is 30.0 Å². The number of ether oxygens (including phenoxy) is 1. The van der Waals surface area contributed by atoms with Gasteiger partial charge in [0.1, 0.15) is 17.6 Å². The van der Waals surface area contributed by atoms with Crippen molar-refractivity contribution in [2.75, 3.05) is 18.0 Å². The van der Waals surface area contributed by atoms with Gasteiger partial charge in [-0.1, -0.05) is 22.0 Å². The number of halogens is 2. The first-order valence-corrected chi connectivity index (χ1v) is 12.3. The molecule has 0 unspecified atom stereocenters. The zero-order chi connectivity index (χ0) is 25.4. The molecule has 1 fully saturated rings. The lowest BCUT2D eigenvalue weighted by molar-refractivity contribution is -0.130. The Labute approximate surface area is 216 Å². The van der Waals surface area contributed by atoms with Crippen LogP contribution in [0, 0.1) is 5.82 Å². The van der Waals surface area contributed by atoms with E-state index in [1.54, 1.807) is 34.7 Å². The lowest BCUT2D eigenvalue weighted by atomic mass is 10.1. The molecule has 3 aromatic carbocycles. The number of carbonyl (C=O) groups excluding carboxylic acids is 1. The predicted octanol–water partition coefficient (Wildman–Crippen LogP) is 5.09. The second kappa shape index (κ2) is 9.75. The molecule has 1 aromatic heterocycles. The lowest BCUT2D eigenvalue weighted by Gasteiger charge is -2.23. The van der Waals surface area contributed by atoms with Gasteiger partial charge in [-0.05, 0) is 79.6 Å². The second-order valence-corrected chi connectivity index (χ2v) is 9.65. The summed E-state index contributed by atoms with van der Waals surface area (Å²) >= 11 is 3.46. The fraction of sp³-hybridized carbons (Fsp3) is 0.185. The van der Waals surface area contributed by atoms with E-state index in [4.69, 9.17) is 21.3 Å². The Morgan fingerprint density at radius 3 is 2.44 bits per heavy atom. The largest absolute Gasteiger partial charge is 0.397 e. The summed E-state index contributed by atoms with van der Waals surface area (Å²) < 4.78 is 22.5. The fourth-order valence-corrected chi connectivity index (χ4v) is 4.56. The van der Waals surface area contributed by atoms with Crippen LogP contribution in [0.1, 0.15) is 24.3 Å². The number of hydrogen-bond donors (Lipinski definition) is 2. The van der Waals surface area contributed by atoms with Crippen molar-refractivity contribution in [3.8, 4) is 16.9 Å². The quantitative estimate of drug-likeness (QED) is 0.326. The summed E-state index contributed by atoms with van der Waals surface area (Å²) in [5, 5.41) is 4.81. The summed E-state index contributed by atoms with van der Waals surface area (Å²) in [7, 11) is 0. The van der Waals surface area contributed by atoms with Crippen molar-refractivity contribution >= 4 is 33.2 Å². The number of aromatic nitrogens is 2. The Balaban J connectivity index is 1.53. The molecule has 2 heterocycles. The highest BCUT2D eigenvalue weighted by Gasteiger charge is 2.40. The van der Waals surface area contributed by atoms with Gasteiger partial charge in [-0.15, -0.1) is 0 Å². The molecule has 5 rings (SSSR count). The standard InChI is InChI=1S/C27H25BrFN5O2/c1-16-26(35)33(13-12-17-2-11-23(30)24(31)14-17)27(36-16)22-15-34(21-9-5-19(28)6-10-21)32-25(22)18-3-7-20(29)8-4-18/h2-11,14-16,27H,12-13,30-31H2,1H3/t16-,27+/m1/s1. The number of amides is 1. The summed E-state index contributed by atoms with van der Waals surface area (Å²) in [5.74, 6) is -0.442. The Kier molecular flexibility index (Phi) is 6.51. The van der Waals surface area contributed by atoms with Crippen LogP contribution in [-0.2, 0) is 16.0 Å². The number of rotatable bonds is 6. The van der Waals surface area contributed by atoms with Gasteiger partial charge in [0, 0.05) is 28.3 Å². The summed E-state index contributed by atoms with van der Waals surface area (Å²) in [6.07, 6.45) is 1.19. The Morgan fingerprint density at radius 1 is 1.03 bits per heavy atom. The normalized spacial score (nSPS) is 17.6. The van der Waals surface area contributed by atoms with Gasteiger partial charge in [0.15, 0.2) is 6.23 Å². The van der Waals surface area contributed by atoms with Crippen LogP contribution in [0.25, 0.3) is 16.9 Å². The van der Waals surface area contributed by atoms with Crippen LogP contribution in [0.5, 0.6) is 0 Å². The summed E-state index contributed by atoms with van der Waals surface area (Å²) in [4.78, 5) is 14.8. The highest BCUT2D eigenvalue weighted by molar-refractivity contribution is 9.10. The number of nitrogen functional groups attached to an aromatic ring is 2. The van der Waals surface area contributed by atoms with Crippen LogP contribution in [-0.4, -0.2) is 33.2 Å². The maximum absolute atomic E-state index is 13.7. The van der Waals surface area contributed by atoms with Crippen molar-refractivity contribution in [2.45, 2.75) is 25.7 Å². The smallest absolute Gasteiger partial charge is 0.253 e. The molecular formula is C27H25BrFN5O2. The molecule has 4 N–H and O–H groups in total. The topological polar surface area (TPSA) is 99.4 Å². The lowest BCUT2D eigenvalue weighted by Crippen LogP contribution is -2.32. The van der Waals surface area contributed by atoms with E-state index in [1.807, 2.05) is 42.6 Å². The van der Waals surface area contributed by atoms with Crippen molar-refractivity contribution in [3.63, 3.8) is 0 Å². The Hall–Kier alpha value is -3.69. The molecule has 184 valence electrons. The number of nitrogens with zero attached hydrogens (tertiary/aromatic N) is 3. The molecule has 1 aliphatic heterocycles.